The van der Waals surface area contributed by atoms with Gasteiger partial charge in [-0.25, -0.2) is 4.98 Å². The van der Waals surface area contributed by atoms with Gasteiger partial charge in [0.05, 0.1) is 0 Å². The maximum absolute atomic E-state index is 4.35. The Labute approximate surface area is 108 Å². The van der Waals surface area contributed by atoms with Gasteiger partial charge < -0.3 is 9.88 Å². The molecule has 4 nitrogen and oxygen atoms in total. The van der Waals surface area contributed by atoms with Crippen LogP contribution in [0.3, 0.4) is 0 Å². The Morgan fingerprint density at radius 2 is 2.22 bits per heavy atom. The Kier molecular flexibility index (Phi) is 4.10. The fraction of sp³-hybridized carbons (Fsp3) is 0.429. The van der Waals surface area contributed by atoms with Gasteiger partial charge in [0.15, 0.2) is 0 Å². The van der Waals surface area contributed by atoms with Gasteiger partial charge >= 0.3 is 0 Å². The van der Waals surface area contributed by atoms with E-state index in [1.54, 1.807) is 0 Å². The smallest absolute Gasteiger partial charge is 0.108 e. The Morgan fingerprint density at radius 3 is 2.83 bits per heavy atom. The van der Waals surface area contributed by atoms with Gasteiger partial charge in [-0.15, -0.1) is 0 Å². The number of aromatic nitrogens is 3. The minimum atomic E-state index is 0.328. The van der Waals surface area contributed by atoms with Crippen LogP contribution in [0, 0.1) is 6.92 Å². The highest BCUT2D eigenvalue weighted by atomic mass is 15.0. The average Bonchev–Trinajstić information content (AvgIpc) is 2.76. The molecule has 1 atom stereocenters. The van der Waals surface area contributed by atoms with Gasteiger partial charge in [0.1, 0.15) is 5.82 Å². The summed E-state index contributed by atoms with van der Waals surface area (Å²) in [5.41, 5.74) is 2.44. The Bertz CT molecular complexity index is 504. The van der Waals surface area contributed by atoms with Crippen molar-refractivity contribution in [2.75, 3.05) is 7.05 Å². The lowest BCUT2D eigenvalue weighted by atomic mass is 10.0. The van der Waals surface area contributed by atoms with Gasteiger partial charge in [0, 0.05) is 44.3 Å². The quantitative estimate of drug-likeness (QED) is 0.875. The summed E-state index contributed by atoms with van der Waals surface area (Å²) in [6.45, 7) is 2.07. The fourth-order valence-electron chi connectivity index (χ4n) is 2.16. The zero-order chi connectivity index (χ0) is 13.0. The molecule has 2 aromatic rings. The highest BCUT2D eigenvalue weighted by Gasteiger charge is 2.11. The van der Waals surface area contributed by atoms with Crippen LogP contribution in [0.25, 0.3) is 0 Å². The maximum Gasteiger partial charge on any atom is 0.108 e. The van der Waals surface area contributed by atoms with Crippen molar-refractivity contribution in [3.05, 3.63) is 47.8 Å². The molecule has 0 bridgehead atoms. The van der Waals surface area contributed by atoms with Crippen LogP contribution in [0.5, 0.6) is 0 Å². The summed E-state index contributed by atoms with van der Waals surface area (Å²) < 4.78 is 2.07. The van der Waals surface area contributed by atoms with Crippen molar-refractivity contribution in [3.63, 3.8) is 0 Å². The SMILES string of the molecule is CNC(CCc1nccn1C)c1cncc(C)c1. The molecule has 96 valence electrons. The minimum Gasteiger partial charge on any atom is -0.338 e. The lowest BCUT2D eigenvalue weighted by Crippen LogP contribution is -2.18. The van der Waals surface area contributed by atoms with Crippen LogP contribution in [-0.4, -0.2) is 21.6 Å². The first-order chi connectivity index (χ1) is 8.70. The first kappa shape index (κ1) is 12.8. The molecule has 0 saturated heterocycles. The Morgan fingerprint density at radius 1 is 1.39 bits per heavy atom. The number of nitrogens with zero attached hydrogens (tertiary/aromatic N) is 3. The molecule has 2 aromatic heterocycles. The van der Waals surface area contributed by atoms with E-state index in [9.17, 15) is 0 Å². The highest BCUT2D eigenvalue weighted by molar-refractivity contribution is 5.20. The molecule has 0 amide bonds. The van der Waals surface area contributed by atoms with E-state index in [4.69, 9.17) is 0 Å². The number of hydrogen-bond acceptors (Lipinski definition) is 3. The Balaban J connectivity index is 2.04. The fourth-order valence-corrected chi connectivity index (χ4v) is 2.16. The van der Waals surface area contributed by atoms with Crippen molar-refractivity contribution in [1.29, 1.82) is 0 Å². The van der Waals surface area contributed by atoms with E-state index >= 15 is 0 Å². The first-order valence-corrected chi connectivity index (χ1v) is 6.25. The molecular weight excluding hydrogens is 224 g/mol. The van der Waals surface area contributed by atoms with Crippen molar-refractivity contribution in [3.8, 4) is 0 Å². The summed E-state index contributed by atoms with van der Waals surface area (Å²) in [5, 5.41) is 3.35. The van der Waals surface area contributed by atoms with Gasteiger partial charge in [0.25, 0.3) is 0 Å². The monoisotopic (exact) mass is 244 g/mol. The normalized spacial score (nSPS) is 12.6. The van der Waals surface area contributed by atoms with Crippen LogP contribution in [0.15, 0.2) is 30.9 Å². The number of nitrogens with one attached hydrogen (secondary N) is 1. The van der Waals surface area contributed by atoms with Crippen molar-refractivity contribution in [2.24, 2.45) is 7.05 Å². The standard InChI is InChI=1S/C14H20N4/c1-11-8-12(10-16-9-11)13(15-2)4-5-14-17-6-7-18(14)3/h6-10,13,15H,4-5H2,1-3H3. The van der Waals surface area contributed by atoms with Gasteiger partial charge in [-0.1, -0.05) is 6.07 Å². The zero-order valence-electron chi connectivity index (χ0n) is 11.2. The molecule has 0 radical (unpaired) electrons. The number of hydrogen-bond donors (Lipinski definition) is 1. The predicted octanol–water partition coefficient (Wildman–Crippen LogP) is 2.02. The number of rotatable bonds is 5. The van der Waals surface area contributed by atoms with Gasteiger partial charge in [-0.3, -0.25) is 4.98 Å². The summed E-state index contributed by atoms with van der Waals surface area (Å²) in [4.78, 5) is 8.61. The maximum atomic E-state index is 4.35. The molecular formula is C14H20N4. The second-order valence-corrected chi connectivity index (χ2v) is 4.63. The second kappa shape index (κ2) is 5.78. The molecule has 0 fully saturated rings. The first-order valence-electron chi connectivity index (χ1n) is 6.25. The molecule has 0 aliphatic carbocycles. The average molecular weight is 244 g/mol. The van der Waals surface area contributed by atoms with Crippen LogP contribution in [0.4, 0.5) is 0 Å². The second-order valence-electron chi connectivity index (χ2n) is 4.63. The molecule has 0 aromatic carbocycles. The van der Waals surface area contributed by atoms with E-state index < -0.39 is 0 Å². The van der Waals surface area contributed by atoms with Crippen molar-refractivity contribution >= 4 is 0 Å². The topological polar surface area (TPSA) is 42.7 Å². The summed E-state index contributed by atoms with van der Waals surface area (Å²) in [6.07, 6.45) is 9.63. The molecule has 4 heteroatoms. The largest absolute Gasteiger partial charge is 0.338 e. The minimum absolute atomic E-state index is 0.328. The van der Waals surface area contributed by atoms with Crippen LogP contribution >= 0.6 is 0 Å². The van der Waals surface area contributed by atoms with Crippen molar-refractivity contribution < 1.29 is 0 Å². The predicted molar refractivity (Wildman–Crippen MR) is 72.3 cm³/mol. The lowest BCUT2D eigenvalue weighted by Gasteiger charge is -2.16. The van der Waals surface area contributed by atoms with Crippen LogP contribution in [-0.2, 0) is 13.5 Å². The van der Waals surface area contributed by atoms with Gasteiger partial charge in [-0.2, -0.15) is 0 Å². The van der Waals surface area contributed by atoms with E-state index in [2.05, 4.69) is 32.8 Å². The summed E-state index contributed by atoms with van der Waals surface area (Å²) in [7, 11) is 4.02. The lowest BCUT2D eigenvalue weighted by molar-refractivity contribution is 0.534. The highest BCUT2D eigenvalue weighted by Crippen LogP contribution is 2.18. The molecule has 0 aliphatic heterocycles. The third-order valence-electron chi connectivity index (χ3n) is 3.22. The van der Waals surface area contributed by atoms with Crippen molar-refractivity contribution in [1.82, 2.24) is 19.9 Å². The van der Waals surface area contributed by atoms with Crippen LogP contribution in [0.1, 0.15) is 29.4 Å². The molecule has 2 rings (SSSR count). The van der Waals surface area contributed by atoms with E-state index in [1.807, 2.05) is 38.9 Å². The molecule has 1 N–H and O–H groups in total. The molecule has 0 aliphatic rings. The van der Waals surface area contributed by atoms with E-state index in [1.165, 1.54) is 11.1 Å². The van der Waals surface area contributed by atoms with Crippen molar-refractivity contribution in [2.45, 2.75) is 25.8 Å². The van der Waals surface area contributed by atoms with E-state index in [0.717, 1.165) is 18.7 Å². The molecule has 0 spiro atoms. The van der Waals surface area contributed by atoms with Crippen LogP contribution < -0.4 is 5.32 Å². The van der Waals surface area contributed by atoms with Gasteiger partial charge in [0.2, 0.25) is 0 Å². The molecule has 18 heavy (non-hydrogen) atoms. The Hall–Kier alpha value is -1.68. The third-order valence-corrected chi connectivity index (χ3v) is 3.22. The van der Waals surface area contributed by atoms with Crippen LogP contribution in [0.2, 0.25) is 0 Å². The number of imidazole rings is 1. The number of aryl methyl sites for hydroxylation is 3. The number of pyridine rings is 1. The third kappa shape index (κ3) is 2.96. The summed E-state index contributed by atoms with van der Waals surface area (Å²) in [5.74, 6) is 1.12. The summed E-state index contributed by atoms with van der Waals surface area (Å²) >= 11 is 0. The van der Waals surface area contributed by atoms with E-state index in [0.29, 0.717) is 6.04 Å². The zero-order valence-corrected chi connectivity index (χ0v) is 11.2. The summed E-state index contributed by atoms with van der Waals surface area (Å²) in [6, 6.07) is 2.51. The van der Waals surface area contributed by atoms with Gasteiger partial charge in [-0.05, 0) is 31.5 Å². The molecule has 0 saturated carbocycles. The molecule has 1 unspecified atom stereocenters. The molecule has 2 heterocycles. The van der Waals surface area contributed by atoms with E-state index in [-0.39, 0.29) is 0 Å².